The van der Waals surface area contributed by atoms with E-state index in [1.165, 1.54) is 0 Å². The van der Waals surface area contributed by atoms with Crippen LogP contribution >= 0.6 is 11.6 Å². The lowest BCUT2D eigenvalue weighted by molar-refractivity contribution is 0.271. The zero-order valence-electron chi connectivity index (χ0n) is 29.7. The van der Waals surface area contributed by atoms with Crippen molar-refractivity contribution in [2.75, 3.05) is 0 Å². The number of tetrazole rings is 1. The van der Waals surface area contributed by atoms with Crippen molar-refractivity contribution in [2.45, 2.75) is 51.8 Å². The molecule has 8 nitrogen and oxygen atoms in total. The summed E-state index contributed by atoms with van der Waals surface area (Å²) in [4.78, 5) is 6.32. The van der Waals surface area contributed by atoms with Gasteiger partial charge in [0, 0.05) is 35.0 Å². The molecule has 0 bridgehead atoms. The Bertz CT molecular complexity index is 2390. The van der Waals surface area contributed by atoms with Gasteiger partial charge in [0.25, 0.3) is 0 Å². The van der Waals surface area contributed by atoms with E-state index < -0.39 is 5.54 Å². The fourth-order valence-electron chi connectivity index (χ4n) is 7.40. The van der Waals surface area contributed by atoms with Crippen molar-refractivity contribution >= 4 is 22.6 Å². The summed E-state index contributed by atoms with van der Waals surface area (Å²) in [6, 6.07) is 45.2. The van der Waals surface area contributed by atoms with Crippen LogP contribution in [0.5, 0.6) is 0 Å². The van der Waals surface area contributed by atoms with Crippen LogP contribution in [0.1, 0.15) is 59.1 Å². The third-order valence-electron chi connectivity index (χ3n) is 10.0. The van der Waals surface area contributed by atoms with Crippen LogP contribution in [0.4, 0.5) is 0 Å². The number of halogens is 1. The zero-order chi connectivity index (χ0) is 36.4. The fraction of sp³-hybridized carbons (Fsp3) is 0.182. The molecule has 0 unspecified atom stereocenters. The minimum absolute atomic E-state index is 0.173. The van der Waals surface area contributed by atoms with Crippen molar-refractivity contribution in [3.8, 4) is 22.7 Å². The molecule has 0 atom stereocenters. The highest BCUT2D eigenvalue weighted by Gasteiger charge is 2.41. The summed E-state index contributed by atoms with van der Waals surface area (Å²) in [5.74, 6) is 2.12. The molecule has 1 N–H and O–H groups in total. The van der Waals surface area contributed by atoms with Crippen LogP contribution in [0.3, 0.4) is 0 Å². The van der Waals surface area contributed by atoms with Crippen molar-refractivity contribution in [2.24, 2.45) is 0 Å². The standard InChI is InChI=1S/C44H39ClN6O2/c1-3-4-24-40-46-42(45)38(29-52)50(40)28-31-25-26-39-37(27-31)30(2)41(53-39)35-22-14-15-23-36(35)43-47-49-51(48-43)44(32-16-8-5-9-17-32,33-18-10-6-11-19-33)34-20-12-7-13-21-34/h5-23,25-27,52H,3-4,24,28-29H2,1-2H3. The smallest absolute Gasteiger partial charge is 0.205 e. The van der Waals surface area contributed by atoms with Crippen molar-refractivity contribution in [1.29, 1.82) is 0 Å². The van der Waals surface area contributed by atoms with E-state index in [4.69, 9.17) is 31.4 Å². The second-order valence-corrected chi connectivity index (χ2v) is 13.6. The summed E-state index contributed by atoms with van der Waals surface area (Å²) in [6.45, 7) is 4.60. The molecule has 264 valence electrons. The van der Waals surface area contributed by atoms with Gasteiger partial charge >= 0.3 is 0 Å². The topological polar surface area (TPSA) is 94.8 Å². The molecule has 5 aromatic carbocycles. The molecule has 8 rings (SSSR count). The van der Waals surface area contributed by atoms with Crippen LogP contribution < -0.4 is 0 Å². The molecule has 0 aliphatic heterocycles. The number of imidazole rings is 1. The van der Waals surface area contributed by atoms with Crippen molar-refractivity contribution in [3.63, 3.8) is 0 Å². The van der Waals surface area contributed by atoms with Gasteiger partial charge in [0.15, 0.2) is 10.7 Å². The first-order valence-corrected chi connectivity index (χ1v) is 18.3. The lowest BCUT2D eigenvalue weighted by Crippen LogP contribution is -2.39. The van der Waals surface area contributed by atoms with Crippen LogP contribution in [0, 0.1) is 6.92 Å². The van der Waals surface area contributed by atoms with Gasteiger partial charge in [-0.05, 0) is 52.9 Å². The number of aliphatic hydroxyl groups excluding tert-OH is 1. The average molecular weight is 719 g/mol. The Labute approximate surface area is 313 Å². The summed E-state index contributed by atoms with van der Waals surface area (Å²) < 4.78 is 8.64. The maximum atomic E-state index is 10.1. The van der Waals surface area contributed by atoms with Crippen LogP contribution in [-0.2, 0) is 25.1 Å². The molecule has 0 aliphatic carbocycles. The van der Waals surface area contributed by atoms with E-state index in [9.17, 15) is 5.11 Å². The number of unbranched alkanes of at least 4 members (excludes halogenated alkanes) is 1. The molecule has 0 spiro atoms. The molecular weight excluding hydrogens is 680 g/mol. The summed E-state index contributed by atoms with van der Waals surface area (Å²) in [5, 5.41) is 26.2. The lowest BCUT2D eigenvalue weighted by Gasteiger charge is -2.34. The van der Waals surface area contributed by atoms with Gasteiger partial charge in [-0.15, -0.1) is 15.0 Å². The second kappa shape index (κ2) is 14.7. The van der Waals surface area contributed by atoms with Gasteiger partial charge in [-0.1, -0.05) is 146 Å². The highest BCUT2D eigenvalue weighted by molar-refractivity contribution is 6.30. The fourth-order valence-corrected chi connectivity index (χ4v) is 7.66. The van der Waals surface area contributed by atoms with Gasteiger partial charge in [0.2, 0.25) is 5.82 Å². The summed E-state index contributed by atoms with van der Waals surface area (Å²) in [5.41, 5.74) is 7.32. The van der Waals surface area contributed by atoms with Gasteiger partial charge < -0.3 is 14.1 Å². The van der Waals surface area contributed by atoms with E-state index in [0.717, 1.165) is 80.8 Å². The molecule has 3 heterocycles. The van der Waals surface area contributed by atoms with E-state index in [1.807, 2.05) is 89.5 Å². The van der Waals surface area contributed by atoms with Crippen LogP contribution in [0.25, 0.3) is 33.7 Å². The molecule has 53 heavy (non-hydrogen) atoms. The Morgan fingerprint density at radius 3 is 1.98 bits per heavy atom. The van der Waals surface area contributed by atoms with Crippen LogP contribution in [-0.4, -0.2) is 34.9 Å². The number of aromatic nitrogens is 6. The zero-order valence-corrected chi connectivity index (χ0v) is 30.4. The molecule has 8 aromatic rings. The quantitative estimate of drug-likeness (QED) is 0.127. The number of aliphatic hydroxyl groups is 1. The maximum absolute atomic E-state index is 10.1. The molecule has 3 aromatic heterocycles. The van der Waals surface area contributed by atoms with Crippen LogP contribution in [0.2, 0.25) is 5.15 Å². The maximum Gasteiger partial charge on any atom is 0.205 e. The third kappa shape index (κ3) is 6.14. The number of benzene rings is 5. The number of furan rings is 1. The first kappa shape index (κ1) is 34.3. The Hall–Kier alpha value is -5.83. The first-order chi connectivity index (χ1) is 26.0. The molecule has 9 heteroatoms. The SMILES string of the molecule is CCCCc1nc(Cl)c(CO)n1Cc1ccc2oc(-c3ccccc3-c3nnn(C(c4ccccc4)(c4ccccc4)c4ccccc4)n3)c(C)c2c1. The van der Waals surface area contributed by atoms with Crippen LogP contribution in [0.15, 0.2) is 138 Å². The van der Waals surface area contributed by atoms with E-state index >= 15 is 0 Å². The van der Waals surface area contributed by atoms with Gasteiger partial charge in [0.05, 0.1) is 12.3 Å². The predicted molar refractivity (Wildman–Crippen MR) is 209 cm³/mol. The van der Waals surface area contributed by atoms with E-state index in [2.05, 4.69) is 67.4 Å². The first-order valence-electron chi connectivity index (χ1n) is 18.0. The van der Waals surface area contributed by atoms with Gasteiger partial charge in [-0.2, -0.15) is 0 Å². The number of hydrogen-bond acceptors (Lipinski definition) is 6. The van der Waals surface area contributed by atoms with E-state index in [-0.39, 0.29) is 6.61 Å². The number of rotatable bonds is 12. The number of aryl methyl sites for hydroxylation is 2. The lowest BCUT2D eigenvalue weighted by atomic mass is 9.77. The third-order valence-corrected chi connectivity index (χ3v) is 10.4. The molecule has 0 radical (unpaired) electrons. The second-order valence-electron chi connectivity index (χ2n) is 13.3. The van der Waals surface area contributed by atoms with Crippen molar-refractivity contribution in [1.82, 2.24) is 29.8 Å². The predicted octanol–water partition coefficient (Wildman–Crippen LogP) is 9.64. The highest BCUT2D eigenvalue weighted by Crippen LogP contribution is 2.42. The van der Waals surface area contributed by atoms with Crippen molar-refractivity contribution in [3.05, 3.63) is 178 Å². The minimum atomic E-state index is -0.887. The number of hydrogen-bond donors (Lipinski definition) is 1. The van der Waals surface area contributed by atoms with Crippen molar-refractivity contribution < 1.29 is 9.52 Å². The Balaban J connectivity index is 1.22. The van der Waals surface area contributed by atoms with E-state index in [0.29, 0.717) is 23.2 Å². The molecular formula is C44H39ClN6O2. The average Bonchev–Trinajstić information content (AvgIpc) is 3.91. The normalized spacial score (nSPS) is 11.8. The summed E-state index contributed by atoms with van der Waals surface area (Å²) in [7, 11) is 0. The largest absolute Gasteiger partial charge is 0.456 e. The Kier molecular flexibility index (Phi) is 9.48. The number of nitrogens with zero attached hydrogens (tertiary/aromatic N) is 6. The molecule has 0 saturated heterocycles. The minimum Gasteiger partial charge on any atom is -0.456 e. The molecule has 0 fully saturated rings. The van der Waals surface area contributed by atoms with Gasteiger partial charge in [-0.25, -0.2) is 4.98 Å². The van der Waals surface area contributed by atoms with Gasteiger partial charge in [0.1, 0.15) is 17.2 Å². The van der Waals surface area contributed by atoms with E-state index in [1.54, 1.807) is 4.80 Å². The molecule has 0 amide bonds. The monoisotopic (exact) mass is 718 g/mol. The number of fused-ring (bicyclic) bond motifs is 1. The Morgan fingerprint density at radius 2 is 1.38 bits per heavy atom. The highest BCUT2D eigenvalue weighted by atomic mass is 35.5. The summed E-state index contributed by atoms with van der Waals surface area (Å²) >= 11 is 6.45. The molecule has 0 aliphatic rings. The Morgan fingerprint density at radius 1 is 0.774 bits per heavy atom. The van der Waals surface area contributed by atoms with Gasteiger partial charge in [-0.3, -0.25) is 0 Å². The molecule has 0 saturated carbocycles. The summed E-state index contributed by atoms with van der Waals surface area (Å²) in [6.07, 6.45) is 2.84.